The first-order valence-corrected chi connectivity index (χ1v) is 11.1. The van der Waals surface area contributed by atoms with Crippen LogP contribution in [0, 0.1) is 17.6 Å². The summed E-state index contributed by atoms with van der Waals surface area (Å²) in [5, 5.41) is 0. The number of rotatable bonds is 10. The fraction of sp³-hybridized carbons (Fsp3) is 0.440. The Morgan fingerprint density at radius 2 is 1.71 bits per heavy atom. The average Bonchev–Trinajstić information content (AvgIpc) is 2.79. The number of unbranched alkanes of at least 4 members (excludes halogenated alkanes) is 2. The lowest BCUT2D eigenvalue weighted by Gasteiger charge is -2.33. The van der Waals surface area contributed by atoms with Gasteiger partial charge in [0.25, 0.3) is 0 Å². The average molecular weight is 488 g/mol. The van der Waals surface area contributed by atoms with Gasteiger partial charge in [0.1, 0.15) is 5.75 Å². The standard InChI is InChI=1S/C25H26F6O3/c1-2-3-4-5-16-6-11-22(32-14-16)25(30,31)34-19-9-7-17(8-10-19)18-12-20(26)24(21(27)13-18)33-15-23(28)29/h7-10,12-13,15-16,22H,2-6,11,14H2,1H3. The van der Waals surface area contributed by atoms with Gasteiger partial charge in [-0.3, -0.25) is 0 Å². The predicted molar refractivity (Wildman–Crippen MR) is 115 cm³/mol. The predicted octanol–water partition coefficient (Wildman–Crippen LogP) is 8.10. The van der Waals surface area contributed by atoms with E-state index in [2.05, 4.69) is 11.7 Å². The van der Waals surface area contributed by atoms with Crippen LogP contribution in [0.15, 0.2) is 48.7 Å². The van der Waals surface area contributed by atoms with E-state index in [4.69, 9.17) is 9.47 Å². The van der Waals surface area contributed by atoms with Gasteiger partial charge in [0.15, 0.2) is 29.8 Å². The molecule has 0 spiro atoms. The number of alkyl halides is 2. The summed E-state index contributed by atoms with van der Waals surface area (Å²) in [6.45, 7) is 2.38. The first-order chi connectivity index (χ1) is 16.2. The van der Waals surface area contributed by atoms with E-state index in [1.807, 2.05) is 0 Å². The van der Waals surface area contributed by atoms with Crippen LogP contribution in [0.25, 0.3) is 11.1 Å². The first kappa shape index (κ1) is 25.9. The van der Waals surface area contributed by atoms with Crippen LogP contribution in [0.1, 0.15) is 45.4 Å². The molecule has 3 nitrogen and oxygen atoms in total. The Kier molecular flexibility index (Phi) is 8.88. The SMILES string of the molecule is CCCCCC1CCC(C(F)(F)Oc2ccc(-c3cc(F)c(OC=C(F)F)c(F)c3)cc2)OC1. The second-order valence-corrected chi connectivity index (χ2v) is 8.24. The molecule has 2 unspecified atom stereocenters. The molecule has 1 aliphatic rings. The molecule has 0 amide bonds. The summed E-state index contributed by atoms with van der Waals surface area (Å²) in [4.78, 5) is 0. The second-order valence-electron chi connectivity index (χ2n) is 8.24. The van der Waals surface area contributed by atoms with Gasteiger partial charge in [-0.15, -0.1) is 0 Å². The normalized spacial score (nSPS) is 18.4. The van der Waals surface area contributed by atoms with Gasteiger partial charge < -0.3 is 14.2 Å². The molecule has 2 aromatic rings. The maximum Gasteiger partial charge on any atom is 0.424 e. The third-order valence-corrected chi connectivity index (χ3v) is 5.67. The smallest absolute Gasteiger partial charge is 0.424 e. The monoisotopic (exact) mass is 488 g/mol. The third kappa shape index (κ3) is 6.91. The summed E-state index contributed by atoms with van der Waals surface area (Å²) in [7, 11) is 0. The zero-order valence-corrected chi connectivity index (χ0v) is 18.6. The lowest BCUT2D eigenvalue weighted by molar-refractivity contribution is -0.265. The van der Waals surface area contributed by atoms with E-state index in [9.17, 15) is 26.3 Å². The zero-order chi connectivity index (χ0) is 24.7. The van der Waals surface area contributed by atoms with Crippen LogP contribution in [0.2, 0.25) is 0 Å². The molecule has 0 aliphatic carbocycles. The van der Waals surface area contributed by atoms with Crippen molar-refractivity contribution in [2.24, 2.45) is 5.92 Å². The Labute approximate surface area is 194 Å². The molecule has 1 fully saturated rings. The van der Waals surface area contributed by atoms with Crippen LogP contribution in [0.4, 0.5) is 26.3 Å². The van der Waals surface area contributed by atoms with Gasteiger partial charge in [0.2, 0.25) is 0 Å². The highest BCUT2D eigenvalue weighted by Crippen LogP contribution is 2.35. The van der Waals surface area contributed by atoms with E-state index < -0.39 is 35.7 Å². The fourth-order valence-corrected chi connectivity index (χ4v) is 3.86. The van der Waals surface area contributed by atoms with E-state index in [1.165, 1.54) is 24.3 Å². The second kappa shape index (κ2) is 11.6. The molecule has 0 saturated carbocycles. The number of hydrogen-bond donors (Lipinski definition) is 0. The molecule has 2 aromatic carbocycles. The Morgan fingerprint density at radius 3 is 2.26 bits per heavy atom. The molecule has 2 atom stereocenters. The Morgan fingerprint density at radius 1 is 1.03 bits per heavy atom. The summed E-state index contributed by atoms with van der Waals surface area (Å²) >= 11 is 0. The van der Waals surface area contributed by atoms with Crippen molar-refractivity contribution in [3.05, 3.63) is 60.4 Å². The van der Waals surface area contributed by atoms with Gasteiger partial charge in [-0.1, -0.05) is 38.3 Å². The number of hydrogen-bond acceptors (Lipinski definition) is 3. The van der Waals surface area contributed by atoms with Crippen molar-refractivity contribution in [2.75, 3.05) is 6.61 Å². The van der Waals surface area contributed by atoms with Crippen molar-refractivity contribution in [2.45, 2.75) is 57.7 Å². The molecular weight excluding hydrogens is 462 g/mol. The first-order valence-electron chi connectivity index (χ1n) is 11.1. The van der Waals surface area contributed by atoms with Gasteiger partial charge in [0.05, 0.1) is 6.61 Å². The van der Waals surface area contributed by atoms with E-state index >= 15 is 0 Å². The summed E-state index contributed by atoms with van der Waals surface area (Å²) in [5.41, 5.74) is 0.367. The van der Waals surface area contributed by atoms with Crippen LogP contribution >= 0.6 is 0 Å². The topological polar surface area (TPSA) is 27.7 Å². The van der Waals surface area contributed by atoms with Crippen LogP contribution < -0.4 is 9.47 Å². The lowest BCUT2D eigenvalue weighted by Crippen LogP contribution is -2.44. The van der Waals surface area contributed by atoms with Crippen molar-refractivity contribution in [3.63, 3.8) is 0 Å². The molecule has 1 saturated heterocycles. The van der Waals surface area contributed by atoms with Gasteiger partial charge >= 0.3 is 12.2 Å². The largest absolute Gasteiger partial charge is 0.453 e. The van der Waals surface area contributed by atoms with Crippen LogP contribution in [0.5, 0.6) is 11.5 Å². The highest BCUT2D eigenvalue weighted by molar-refractivity contribution is 5.65. The Hall–Kier alpha value is -2.68. The Bertz CT molecular complexity index is 942. The van der Waals surface area contributed by atoms with Crippen molar-refractivity contribution in [3.8, 4) is 22.6 Å². The molecule has 9 heteroatoms. The number of ether oxygens (including phenoxy) is 3. The van der Waals surface area contributed by atoms with Crippen molar-refractivity contribution in [1.29, 1.82) is 0 Å². The maximum absolute atomic E-state index is 14.6. The molecule has 0 radical (unpaired) electrons. The molecular formula is C25H26F6O3. The van der Waals surface area contributed by atoms with Crippen molar-refractivity contribution >= 4 is 0 Å². The quantitative estimate of drug-likeness (QED) is 0.192. The fourth-order valence-electron chi connectivity index (χ4n) is 3.86. The van der Waals surface area contributed by atoms with Crippen LogP contribution in [0.3, 0.4) is 0 Å². The van der Waals surface area contributed by atoms with Crippen molar-refractivity contribution < 1.29 is 40.6 Å². The highest BCUT2D eigenvalue weighted by atomic mass is 19.3. The minimum Gasteiger partial charge on any atom is -0.453 e. The molecule has 0 bridgehead atoms. The summed E-state index contributed by atoms with van der Waals surface area (Å²) in [6, 6.07) is 6.99. The third-order valence-electron chi connectivity index (χ3n) is 5.67. The summed E-state index contributed by atoms with van der Waals surface area (Å²) in [5.74, 6) is -3.21. The van der Waals surface area contributed by atoms with Gasteiger partial charge in [0, 0.05) is 0 Å². The molecule has 0 aromatic heterocycles. The molecule has 0 N–H and O–H groups in total. The molecule has 34 heavy (non-hydrogen) atoms. The van der Waals surface area contributed by atoms with Gasteiger partial charge in [-0.05, 0) is 60.6 Å². The Balaban J connectivity index is 1.62. The maximum atomic E-state index is 14.6. The number of halogens is 6. The molecule has 1 heterocycles. The van der Waals surface area contributed by atoms with E-state index in [1.54, 1.807) is 0 Å². The molecule has 186 valence electrons. The van der Waals surface area contributed by atoms with Crippen LogP contribution in [-0.4, -0.2) is 18.8 Å². The van der Waals surface area contributed by atoms with Gasteiger partial charge in [-0.25, -0.2) is 8.78 Å². The molecule has 1 aliphatic heterocycles. The number of benzene rings is 2. The summed E-state index contributed by atoms with van der Waals surface area (Å²) < 4.78 is 96.2. The van der Waals surface area contributed by atoms with Gasteiger partial charge in [-0.2, -0.15) is 17.6 Å². The summed E-state index contributed by atoms with van der Waals surface area (Å²) in [6.07, 6.45) is -2.13. The van der Waals surface area contributed by atoms with Crippen molar-refractivity contribution in [1.82, 2.24) is 0 Å². The van der Waals surface area contributed by atoms with E-state index in [0.717, 1.165) is 37.8 Å². The lowest BCUT2D eigenvalue weighted by atomic mass is 9.93. The van der Waals surface area contributed by atoms with E-state index in [-0.39, 0.29) is 36.5 Å². The minimum atomic E-state index is -3.54. The highest BCUT2D eigenvalue weighted by Gasteiger charge is 2.45. The van der Waals surface area contributed by atoms with E-state index in [0.29, 0.717) is 12.0 Å². The minimum absolute atomic E-state index is 0.0649. The zero-order valence-electron chi connectivity index (χ0n) is 18.6. The van der Waals surface area contributed by atoms with Crippen LogP contribution in [-0.2, 0) is 4.74 Å². The molecule has 3 rings (SSSR count).